The van der Waals surface area contributed by atoms with Crippen LogP contribution < -0.4 is 5.32 Å². The van der Waals surface area contributed by atoms with E-state index in [2.05, 4.69) is 5.32 Å². The van der Waals surface area contributed by atoms with Crippen molar-refractivity contribution in [2.45, 2.75) is 12.8 Å². The smallest absolute Gasteiger partial charge is 0.253 e. The van der Waals surface area contributed by atoms with Crippen molar-refractivity contribution in [1.82, 2.24) is 14.8 Å². The monoisotopic (exact) mass is 309 g/mol. The second-order valence-electron chi connectivity index (χ2n) is 6.57. The van der Waals surface area contributed by atoms with Crippen molar-refractivity contribution < 1.29 is 9.59 Å². The van der Waals surface area contributed by atoms with Gasteiger partial charge in [-0.3, -0.25) is 9.59 Å². The first-order valence-electron chi connectivity index (χ1n) is 7.95. The molecule has 2 fully saturated rings. The zero-order valence-electron chi connectivity index (χ0n) is 12.9. The van der Waals surface area contributed by atoms with Crippen molar-refractivity contribution in [3.05, 3.63) is 54.4 Å². The van der Waals surface area contributed by atoms with Gasteiger partial charge in [0.2, 0.25) is 5.91 Å². The molecule has 1 unspecified atom stereocenters. The van der Waals surface area contributed by atoms with Crippen molar-refractivity contribution in [3.63, 3.8) is 0 Å². The SMILES string of the molecule is O=C1CC2(CCN(C(=O)c3ccc(-n4cccc4)cc3)C2)CN1. The minimum atomic E-state index is -0.0438. The lowest BCUT2D eigenvalue weighted by molar-refractivity contribution is -0.119. The summed E-state index contributed by atoms with van der Waals surface area (Å²) in [7, 11) is 0. The number of carbonyl (C=O) groups excluding carboxylic acids is 2. The topological polar surface area (TPSA) is 54.3 Å². The summed E-state index contributed by atoms with van der Waals surface area (Å²) in [5.74, 6) is 0.163. The molecule has 2 saturated heterocycles. The Hall–Kier alpha value is -2.56. The minimum Gasteiger partial charge on any atom is -0.355 e. The van der Waals surface area contributed by atoms with E-state index >= 15 is 0 Å². The third kappa shape index (κ3) is 2.52. The molecule has 2 amide bonds. The summed E-state index contributed by atoms with van der Waals surface area (Å²) in [5.41, 5.74) is 1.70. The molecule has 5 heteroatoms. The standard InChI is InChI=1S/C18H19N3O2/c22-16-11-18(12-19-16)7-10-21(13-18)17(23)14-3-5-15(6-4-14)20-8-1-2-9-20/h1-6,8-9H,7,10-13H2,(H,19,22). The molecule has 1 aromatic carbocycles. The van der Waals surface area contributed by atoms with Gasteiger partial charge < -0.3 is 14.8 Å². The van der Waals surface area contributed by atoms with Crippen LogP contribution in [0.1, 0.15) is 23.2 Å². The predicted octanol–water partition coefficient (Wildman–Crippen LogP) is 1.83. The lowest BCUT2D eigenvalue weighted by Gasteiger charge is -2.22. The largest absolute Gasteiger partial charge is 0.355 e. The molecule has 0 bridgehead atoms. The molecule has 1 spiro atoms. The van der Waals surface area contributed by atoms with Gasteiger partial charge >= 0.3 is 0 Å². The molecule has 23 heavy (non-hydrogen) atoms. The Labute approximate surface area is 134 Å². The molecule has 1 N–H and O–H groups in total. The van der Waals surface area contributed by atoms with Crippen LogP contribution in [0.5, 0.6) is 0 Å². The number of nitrogens with zero attached hydrogens (tertiary/aromatic N) is 2. The minimum absolute atomic E-state index is 0.0438. The summed E-state index contributed by atoms with van der Waals surface area (Å²) >= 11 is 0. The van der Waals surface area contributed by atoms with Crippen LogP contribution in [0.2, 0.25) is 0 Å². The fourth-order valence-corrected chi connectivity index (χ4v) is 3.61. The van der Waals surface area contributed by atoms with Gasteiger partial charge in [-0.05, 0) is 42.8 Å². The highest BCUT2D eigenvalue weighted by Gasteiger charge is 2.45. The molecule has 3 heterocycles. The van der Waals surface area contributed by atoms with Crippen LogP contribution in [0.25, 0.3) is 5.69 Å². The first kappa shape index (κ1) is 14.1. The Bertz CT molecular complexity index is 736. The van der Waals surface area contributed by atoms with Gasteiger partial charge in [-0.15, -0.1) is 0 Å². The van der Waals surface area contributed by atoms with Crippen molar-refractivity contribution >= 4 is 11.8 Å². The zero-order valence-corrected chi connectivity index (χ0v) is 12.9. The maximum atomic E-state index is 12.7. The highest BCUT2D eigenvalue weighted by Crippen LogP contribution is 2.37. The number of hydrogen-bond donors (Lipinski definition) is 1. The van der Waals surface area contributed by atoms with Crippen LogP contribution in [-0.2, 0) is 4.79 Å². The molecular formula is C18H19N3O2. The van der Waals surface area contributed by atoms with Crippen LogP contribution in [-0.4, -0.2) is 40.9 Å². The number of benzene rings is 1. The normalized spacial score (nSPS) is 23.5. The molecule has 0 radical (unpaired) electrons. The van der Waals surface area contributed by atoms with E-state index in [9.17, 15) is 9.59 Å². The number of likely N-dealkylation sites (tertiary alicyclic amines) is 1. The average Bonchev–Trinajstić information content (AvgIpc) is 3.30. The van der Waals surface area contributed by atoms with Gasteiger partial charge in [0, 0.05) is 55.1 Å². The van der Waals surface area contributed by atoms with Gasteiger partial charge in [0.1, 0.15) is 0 Å². The average molecular weight is 309 g/mol. The van der Waals surface area contributed by atoms with Gasteiger partial charge in [0.15, 0.2) is 0 Å². The van der Waals surface area contributed by atoms with Crippen molar-refractivity contribution in [3.8, 4) is 5.69 Å². The molecule has 0 aliphatic carbocycles. The molecule has 118 valence electrons. The molecule has 5 nitrogen and oxygen atoms in total. The van der Waals surface area contributed by atoms with Crippen LogP contribution in [0.15, 0.2) is 48.8 Å². The number of carbonyl (C=O) groups is 2. The Morgan fingerprint density at radius 2 is 1.87 bits per heavy atom. The fraction of sp³-hybridized carbons (Fsp3) is 0.333. The van der Waals surface area contributed by atoms with Gasteiger partial charge in [-0.1, -0.05) is 0 Å². The molecule has 4 rings (SSSR count). The first-order valence-corrected chi connectivity index (χ1v) is 7.95. The van der Waals surface area contributed by atoms with Crippen molar-refractivity contribution in [2.24, 2.45) is 5.41 Å². The molecule has 0 saturated carbocycles. The summed E-state index contributed by atoms with van der Waals surface area (Å²) in [6.45, 7) is 2.10. The summed E-state index contributed by atoms with van der Waals surface area (Å²) in [5, 5.41) is 2.89. The Morgan fingerprint density at radius 1 is 1.13 bits per heavy atom. The van der Waals surface area contributed by atoms with Crippen LogP contribution in [0.3, 0.4) is 0 Å². The van der Waals surface area contributed by atoms with E-state index < -0.39 is 0 Å². The third-order valence-corrected chi connectivity index (χ3v) is 4.94. The van der Waals surface area contributed by atoms with Crippen molar-refractivity contribution in [1.29, 1.82) is 0 Å². The molecule has 1 atom stereocenters. The number of amides is 2. The highest BCUT2D eigenvalue weighted by atomic mass is 16.2. The predicted molar refractivity (Wildman–Crippen MR) is 86.3 cm³/mol. The van der Waals surface area contributed by atoms with Crippen LogP contribution in [0, 0.1) is 5.41 Å². The first-order chi connectivity index (χ1) is 11.2. The van der Waals surface area contributed by atoms with Crippen molar-refractivity contribution in [2.75, 3.05) is 19.6 Å². The maximum absolute atomic E-state index is 12.7. The van der Waals surface area contributed by atoms with E-state index in [1.807, 2.05) is 58.3 Å². The molecule has 1 aromatic heterocycles. The summed E-state index contributed by atoms with van der Waals surface area (Å²) in [4.78, 5) is 26.0. The van der Waals surface area contributed by atoms with E-state index in [-0.39, 0.29) is 17.2 Å². The summed E-state index contributed by atoms with van der Waals surface area (Å²) < 4.78 is 2.01. The lowest BCUT2D eigenvalue weighted by Crippen LogP contribution is -2.33. The molecule has 2 aliphatic heterocycles. The number of rotatable bonds is 2. The molecule has 2 aromatic rings. The fourth-order valence-electron chi connectivity index (χ4n) is 3.61. The van der Waals surface area contributed by atoms with E-state index in [1.165, 1.54) is 0 Å². The van der Waals surface area contributed by atoms with Gasteiger partial charge in [0.05, 0.1) is 0 Å². The third-order valence-electron chi connectivity index (χ3n) is 4.94. The van der Waals surface area contributed by atoms with Gasteiger partial charge in [0.25, 0.3) is 5.91 Å². The Balaban J connectivity index is 1.48. The molecule has 2 aliphatic rings. The maximum Gasteiger partial charge on any atom is 0.253 e. The quantitative estimate of drug-likeness (QED) is 0.920. The summed E-state index contributed by atoms with van der Waals surface area (Å²) in [6, 6.07) is 11.6. The van der Waals surface area contributed by atoms with Crippen LogP contribution >= 0.6 is 0 Å². The van der Waals surface area contributed by atoms with E-state index in [0.29, 0.717) is 25.1 Å². The summed E-state index contributed by atoms with van der Waals surface area (Å²) in [6.07, 6.45) is 5.40. The van der Waals surface area contributed by atoms with Gasteiger partial charge in [-0.2, -0.15) is 0 Å². The van der Waals surface area contributed by atoms with E-state index in [4.69, 9.17) is 0 Å². The second-order valence-corrected chi connectivity index (χ2v) is 6.57. The lowest BCUT2D eigenvalue weighted by atomic mass is 9.86. The Kier molecular flexibility index (Phi) is 3.22. The van der Waals surface area contributed by atoms with Gasteiger partial charge in [-0.25, -0.2) is 0 Å². The van der Waals surface area contributed by atoms with E-state index in [0.717, 1.165) is 18.7 Å². The van der Waals surface area contributed by atoms with E-state index in [1.54, 1.807) is 0 Å². The second kappa shape index (κ2) is 5.26. The number of nitrogens with one attached hydrogen (secondary N) is 1. The number of hydrogen-bond acceptors (Lipinski definition) is 2. The zero-order chi connectivity index (χ0) is 15.9. The molecular weight excluding hydrogens is 290 g/mol. The highest BCUT2D eigenvalue weighted by molar-refractivity contribution is 5.94. The van der Waals surface area contributed by atoms with Crippen LogP contribution in [0.4, 0.5) is 0 Å². The number of aromatic nitrogens is 1. The Morgan fingerprint density at radius 3 is 2.52 bits per heavy atom.